The predicted octanol–water partition coefficient (Wildman–Crippen LogP) is 2.70. The molecular weight excluding hydrogens is 152 g/mol. The maximum atomic E-state index is 5.39. The van der Waals surface area contributed by atoms with Crippen molar-refractivity contribution in [3.05, 3.63) is 36.7 Å². The normalized spacial score (nSPS) is 21.7. The van der Waals surface area contributed by atoms with Gasteiger partial charge in [-0.1, -0.05) is 6.08 Å². The van der Waals surface area contributed by atoms with Crippen molar-refractivity contribution >= 4 is 0 Å². The lowest BCUT2D eigenvalue weighted by Gasteiger charge is -2.15. The molecule has 0 radical (unpaired) electrons. The van der Waals surface area contributed by atoms with Gasteiger partial charge in [0.1, 0.15) is 24.0 Å². The Morgan fingerprint density at radius 2 is 2.17 bits per heavy atom. The minimum Gasteiger partial charge on any atom is -0.462 e. The molecule has 0 amide bonds. The second-order valence-electron chi connectivity index (χ2n) is 3.06. The van der Waals surface area contributed by atoms with Crippen LogP contribution in [0.15, 0.2) is 36.7 Å². The van der Waals surface area contributed by atoms with Gasteiger partial charge in [0, 0.05) is 12.3 Å². The summed E-state index contributed by atoms with van der Waals surface area (Å²) in [4.78, 5) is 0. The van der Waals surface area contributed by atoms with Crippen molar-refractivity contribution < 1.29 is 9.47 Å². The topological polar surface area (TPSA) is 18.5 Å². The Kier molecular flexibility index (Phi) is 1.90. The molecule has 12 heavy (non-hydrogen) atoms. The van der Waals surface area contributed by atoms with Gasteiger partial charge in [0.15, 0.2) is 0 Å². The van der Waals surface area contributed by atoms with Gasteiger partial charge in [0.2, 0.25) is 0 Å². The summed E-state index contributed by atoms with van der Waals surface area (Å²) < 4.78 is 10.7. The van der Waals surface area contributed by atoms with E-state index in [-0.39, 0.29) is 0 Å². The van der Waals surface area contributed by atoms with Crippen molar-refractivity contribution in [3.63, 3.8) is 0 Å². The largest absolute Gasteiger partial charge is 0.462 e. The molecule has 2 aliphatic rings. The highest BCUT2D eigenvalue weighted by Crippen LogP contribution is 2.40. The predicted molar refractivity (Wildman–Crippen MR) is 45.9 cm³/mol. The van der Waals surface area contributed by atoms with Gasteiger partial charge in [-0.2, -0.15) is 0 Å². The lowest BCUT2D eigenvalue weighted by Crippen LogP contribution is -2.01. The van der Waals surface area contributed by atoms with Crippen molar-refractivity contribution in [1.82, 2.24) is 0 Å². The molecule has 0 aromatic carbocycles. The average molecular weight is 164 g/mol. The van der Waals surface area contributed by atoms with Crippen LogP contribution in [0.1, 0.15) is 19.3 Å². The van der Waals surface area contributed by atoms with Gasteiger partial charge in [0.25, 0.3) is 0 Å². The summed E-state index contributed by atoms with van der Waals surface area (Å²) in [5.41, 5.74) is 0. The monoisotopic (exact) mass is 164 g/mol. The summed E-state index contributed by atoms with van der Waals surface area (Å²) >= 11 is 0. The third-order valence-corrected chi connectivity index (χ3v) is 2.01. The van der Waals surface area contributed by atoms with Crippen molar-refractivity contribution in [3.8, 4) is 0 Å². The number of rotatable bonds is 3. The molecule has 1 aliphatic carbocycles. The van der Waals surface area contributed by atoms with E-state index >= 15 is 0 Å². The molecule has 1 heterocycles. The highest BCUT2D eigenvalue weighted by molar-refractivity contribution is 5.16. The fourth-order valence-electron chi connectivity index (χ4n) is 1.28. The number of hydrogen-bond acceptors (Lipinski definition) is 2. The Labute approximate surface area is 72.2 Å². The van der Waals surface area contributed by atoms with E-state index < -0.39 is 0 Å². The minimum atomic E-state index is 0.602. The van der Waals surface area contributed by atoms with E-state index in [2.05, 4.69) is 6.58 Å². The quantitative estimate of drug-likeness (QED) is 0.597. The first kappa shape index (κ1) is 7.47. The summed E-state index contributed by atoms with van der Waals surface area (Å²) in [6, 6.07) is 0. The molecule has 2 rings (SSSR count). The molecule has 0 N–H and O–H groups in total. The van der Waals surface area contributed by atoms with Crippen LogP contribution in [0, 0.1) is 5.92 Å². The molecule has 0 spiro atoms. The molecular formula is C10H12O2. The molecule has 0 bridgehead atoms. The van der Waals surface area contributed by atoms with Crippen LogP contribution in [-0.2, 0) is 9.47 Å². The lowest BCUT2D eigenvalue weighted by atomic mass is 10.2. The standard InChI is InChI=1S/C10H12O2/c1-2-3-9-10(8-4-5-8)12-7-6-11-9/h2,6-8H,1,3-5H2. The third-order valence-electron chi connectivity index (χ3n) is 2.01. The highest BCUT2D eigenvalue weighted by Gasteiger charge is 2.31. The number of allylic oxidation sites excluding steroid dienone is 2. The van der Waals surface area contributed by atoms with E-state index in [0.717, 1.165) is 17.9 Å². The molecule has 0 aromatic rings. The fraction of sp³-hybridized carbons (Fsp3) is 0.400. The van der Waals surface area contributed by atoms with E-state index in [1.807, 2.05) is 6.08 Å². The molecule has 0 saturated heterocycles. The van der Waals surface area contributed by atoms with Crippen molar-refractivity contribution in [2.75, 3.05) is 0 Å². The zero-order chi connectivity index (χ0) is 8.39. The second-order valence-corrected chi connectivity index (χ2v) is 3.06. The van der Waals surface area contributed by atoms with Crippen LogP contribution in [0.4, 0.5) is 0 Å². The smallest absolute Gasteiger partial charge is 0.145 e. The first-order valence-corrected chi connectivity index (χ1v) is 4.24. The van der Waals surface area contributed by atoms with Gasteiger partial charge in [-0.05, 0) is 12.8 Å². The highest BCUT2D eigenvalue weighted by atomic mass is 16.5. The van der Waals surface area contributed by atoms with Gasteiger partial charge < -0.3 is 9.47 Å². The lowest BCUT2D eigenvalue weighted by molar-refractivity contribution is 0.209. The number of hydrogen-bond donors (Lipinski definition) is 0. The molecule has 2 heteroatoms. The Morgan fingerprint density at radius 3 is 2.83 bits per heavy atom. The summed E-state index contributed by atoms with van der Waals surface area (Å²) in [6.07, 6.45) is 8.22. The fourth-order valence-corrected chi connectivity index (χ4v) is 1.28. The summed E-state index contributed by atoms with van der Waals surface area (Å²) in [7, 11) is 0. The molecule has 0 unspecified atom stereocenters. The van der Waals surface area contributed by atoms with E-state index in [9.17, 15) is 0 Å². The molecule has 1 saturated carbocycles. The zero-order valence-corrected chi connectivity index (χ0v) is 6.95. The van der Waals surface area contributed by atoms with Gasteiger partial charge >= 0.3 is 0 Å². The molecule has 0 atom stereocenters. The maximum Gasteiger partial charge on any atom is 0.145 e. The number of ether oxygens (including phenoxy) is 2. The Bertz CT molecular complexity index is 243. The van der Waals surface area contributed by atoms with Crippen LogP contribution in [0.5, 0.6) is 0 Å². The van der Waals surface area contributed by atoms with E-state index in [1.165, 1.54) is 12.8 Å². The maximum absolute atomic E-state index is 5.39. The molecule has 64 valence electrons. The average Bonchev–Trinajstić information content (AvgIpc) is 2.89. The minimum absolute atomic E-state index is 0.602. The Balaban J connectivity index is 2.13. The van der Waals surface area contributed by atoms with E-state index in [0.29, 0.717) is 5.92 Å². The van der Waals surface area contributed by atoms with E-state index in [4.69, 9.17) is 9.47 Å². The van der Waals surface area contributed by atoms with Crippen LogP contribution in [0.3, 0.4) is 0 Å². The van der Waals surface area contributed by atoms with Gasteiger partial charge in [-0.3, -0.25) is 0 Å². The summed E-state index contributed by atoms with van der Waals surface area (Å²) in [5, 5.41) is 0. The second kappa shape index (κ2) is 3.05. The van der Waals surface area contributed by atoms with Crippen LogP contribution in [0.2, 0.25) is 0 Å². The van der Waals surface area contributed by atoms with Crippen LogP contribution >= 0.6 is 0 Å². The van der Waals surface area contributed by atoms with Crippen LogP contribution < -0.4 is 0 Å². The van der Waals surface area contributed by atoms with Crippen molar-refractivity contribution in [1.29, 1.82) is 0 Å². The molecule has 1 aliphatic heterocycles. The molecule has 0 aromatic heterocycles. The first-order chi connectivity index (χ1) is 5.92. The van der Waals surface area contributed by atoms with Crippen molar-refractivity contribution in [2.24, 2.45) is 5.92 Å². The van der Waals surface area contributed by atoms with E-state index in [1.54, 1.807) is 12.5 Å². The van der Waals surface area contributed by atoms with Crippen LogP contribution in [-0.4, -0.2) is 0 Å². The third kappa shape index (κ3) is 1.37. The van der Waals surface area contributed by atoms with Gasteiger partial charge in [0.05, 0.1) is 0 Å². The van der Waals surface area contributed by atoms with Gasteiger partial charge in [-0.25, -0.2) is 0 Å². The first-order valence-electron chi connectivity index (χ1n) is 4.24. The van der Waals surface area contributed by atoms with Crippen LogP contribution in [0.25, 0.3) is 0 Å². The summed E-state index contributed by atoms with van der Waals surface area (Å²) in [5.74, 6) is 2.54. The molecule has 1 fully saturated rings. The molecule has 2 nitrogen and oxygen atoms in total. The Morgan fingerprint density at radius 1 is 1.42 bits per heavy atom. The Hall–Kier alpha value is -1.18. The van der Waals surface area contributed by atoms with Crippen molar-refractivity contribution in [2.45, 2.75) is 19.3 Å². The SMILES string of the molecule is C=CCC1=C(C2CC2)OC=CO1. The zero-order valence-electron chi connectivity index (χ0n) is 6.95. The van der Waals surface area contributed by atoms with Gasteiger partial charge in [-0.15, -0.1) is 6.58 Å². The summed E-state index contributed by atoms with van der Waals surface area (Å²) in [6.45, 7) is 3.68.